The number of pyridine rings is 1. The number of anilines is 3. The second-order valence-corrected chi connectivity index (χ2v) is 4.13. The van der Waals surface area contributed by atoms with E-state index in [0.717, 1.165) is 5.69 Å². The van der Waals surface area contributed by atoms with Gasteiger partial charge in [-0.25, -0.2) is 4.98 Å². The van der Waals surface area contributed by atoms with Gasteiger partial charge in [0.1, 0.15) is 5.82 Å². The minimum atomic E-state index is -0.594. The summed E-state index contributed by atoms with van der Waals surface area (Å²) in [6, 6.07) is 1.50. The predicted octanol–water partition coefficient (Wildman–Crippen LogP) is 0.349. The number of primary amides is 1. The summed E-state index contributed by atoms with van der Waals surface area (Å²) in [6.45, 7) is 1.23. The molecule has 0 unspecified atom stereocenters. The SMILES string of the molecule is COCCn1cc(Nc2cc(C(N)=O)c(N)cn2)cn1. The Morgan fingerprint density at radius 2 is 2.30 bits per heavy atom. The third-order valence-electron chi connectivity index (χ3n) is 2.63. The number of hydrogen-bond donors (Lipinski definition) is 3. The molecular weight excluding hydrogens is 260 g/mol. The Kier molecular flexibility index (Phi) is 4.16. The van der Waals surface area contributed by atoms with Crippen molar-refractivity contribution in [2.24, 2.45) is 5.73 Å². The number of hydrogen-bond acceptors (Lipinski definition) is 6. The Bertz CT molecular complexity index is 610. The van der Waals surface area contributed by atoms with Crippen LogP contribution in [0.15, 0.2) is 24.7 Å². The van der Waals surface area contributed by atoms with Gasteiger partial charge >= 0.3 is 0 Å². The summed E-state index contributed by atoms with van der Waals surface area (Å²) in [5.41, 5.74) is 12.1. The summed E-state index contributed by atoms with van der Waals surface area (Å²) in [5, 5.41) is 7.18. The number of methoxy groups -OCH3 is 1. The minimum absolute atomic E-state index is 0.231. The van der Waals surface area contributed by atoms with Crippen LogP contribution < -0.4 is 16.8 Å². The first-order chi connectivity index (χ1) is 9.60. The van der Waals surface area contributed by atoms with Crippen molar-refractivity contribution in [2.75, 3.05) is 24.8 Å². The van der Waals surface area contributed by atoms with Crippen molar-refractivity contribution >= 4 is 23.1 Å². The molecule has 20 heavy (non-hydrogen) atoms. The minimum Gasteiger partial charge on any atom is -0.397 e. The van der Waals surface area contributed by atoms with Gasteiger partial charge in [-0.05, 0) is 6.07 Å². The number of aromatic nitrogens is 3. The fraction of sp³-hybridized carbons (Fsp3) is 0.250. The van der Waals surface area contributed by atoms with Crippen molar-refractivity contribution in [3.05, 3.63) is 30.2 Å². The van der Waals surface area contributed by atoms with E-state index in [-0.39, 0.29) is 11.3 Å². The zero-order valence-corrected chi connectivity index (χ0v) is 11.0. The monoisotopic (exact) mass is 276 g/mol. The van der Waals surface area contributed by atoms with E-state index >= 15 is 0 Å². The number of nitrogens with two attached hydrogens (primary N) is 2. The molecule has 0 radical (unpaired) electrons. The second-order valence-electron chi connectivity index (χ2n) is 4.13. The van der Waals surface area contributed by atoms with Gasteiger partial charge in [0, 0.05) is 13.3 Å². The molecule has 2 aromatic rings. The van der Waals surface area contributed by atoms with E-state index in [1.54, 1.807) is 24.2 Å². The Balaban J connectivity index is 2.11. The van der Waals surface area contributed by atoms with Gasteiger partial charge in [0.05, 0.1) is 42.5 Å². The standard InChI is InChI=1S/C12H16N6O2/c1-20-3-2-18-7-8(5-16-18)17-11-4-9(12(14)19)10(13)6-15-11/h4-7H,2-3,13H2,1H3,(H2,14,19)(H,15,17). The highest BCUT2D eigenvalue weighted by atomic mass is 16.5. The van der Waals surface area contributed by atoms with E-state index in [0.29, 0.717) is 19.0 Å². The van der Waals surface area contributed by atoms with E-state index < -0.39 is 5.91 Å². The first kappa shape index (κ1) is 13.8. The molecular formula is C12H16N6O2. The zero-order valence-electron chi connectivity index (χ0n) is 11.0. The highest BCUT2D eigenvalue weighted by Crippen LogP contribution is 2.18. The van der Waals surface area contributed by atoms with Crippen LogP contribution in [0.2, 0.25) is 0 Å². The first-order valence-electron chi connectivity index (χ1n) is 5.94. The molecule has 0 saturated heterocycles. The van der Waals surface area contributed by atoms with Crippen molar-refractivity contribution in [2.45, 2.75) is 6.54 Å². The molecule has 1 amide bonds. The number of rotatable bonds is 6. The molecule has 0 aliphatic carbocycles. The molecule has 0 saturated carbocycles. The lowest BCUT2D eigenvalue weighted by Crippen LogP contribution is -2.14. The van der Waals surface area contributed by atoms with Gasteiger partial charge in [0.25, 0.3) is 5.91 Å². The molecule has 2 aromatic heterocycles. The largest absolute Gasteiger partial charge is 0.397 e. The van der Waals surface area contributed by atoms with Crippen molar-refractivity contribution in [1.82, 2.24) is 14.8 Å². The summed E-state index contributed by atoms with van der Waals surface area (Å²) in [5.74, 6) is -0.122. The molecule has 0 aromatic carbocycles. The number of amides is 1. The van der Waals surface area contributed by atoms with E-state index in [4.69, 9.17) is 16.2 Å². The maximum absolute atomic E-state index is 11.2. The van der Waals surface area contributed by atoms with Crippen LogP contribution in [0.4, 0.5) is 17.2 Å². The quantitative estimate of drug-likeness (QED) is 0.700. The molecule has 0 bridgehead atoms. The Morgan fingerprint density at radius 3 is 3.00 bits per heavy atom. The third kappa shape index (κ3) is 3.23. The lowest BCUT2D eigenvalue weighted by molar-refractivity contribution is 0.100. The molecule has 8 heteroatoms. The summed E-state index contributed by atoms with van der Waals surface area (Å²) in [7, 11) is 1.63. The number of ether oxygens (including phenoxy) is 1. The van der Waals surface area contributed by atoms with Gasteiger partial charge in [0.2, 0.25) is 0 Å². The van der Waals surface area contributed by atoms with Gasteiger partial charge in [-0.15, -0.1) is 0 Å². The van der Waals surface area contributed by atoms with Gasteiger partial charge in [0.15, 0.2) is 0 Å². The fourth-order valence-corrected chi connectivity index (χ4v) is 1.63. The average Bonchev–Trinajstić information content (AvgIpc) is 2.86. The average molecular weight is 276 g/mol. The van der Waals surface area contributed by atoms with E-state index in [1.165, 1.54) is 12.3 Å². The first-order valence-corrected chi connectivity index (χ1v) is 5.94. The smallest absolute Gasteiger partial charge is 0.250 e. The fourth-order valence-electron chi connectivity index (χ4n) is 1.63. The maximum atomic E-state index is 11.2. The Hall–Kier alpha value is -2.61. The maximum Gasteiger partial charge on any atom is 0.250 e. The topological polar surface area (TPSA) is 121 Å². The molecule has 0 aliphatic heterocycles. The molecule has 0 spiro atoms. The van der Waals surface area contributed by atoms with Crippen LogP contribution in [-0.2, 0) is 11.3 Å². The lowest BCUT2D eigenvalue weighted by atomic mass is 10.2. The van der Waals surface area contributed by atoms with E-state index in [9.17, 15) is 4.79 Å². The Labute approximate surface area is 115 Å². The molecule has 0 aliphatic rings. The van der Waals surface area contributed by atoms with Crippen LogP contribution in [0.1, 0.15) is 10.4 Å². The highest BCUT2D eigenvalue weighted by Gasteiger charge is 2.08. The summed E-state index contributed by atoms with van der Waals surface area (Å²) in [4.78, 5) is 15.3. The summed E-state index contributed by atoms with van der Waals surface area (Å²) < 4.78 is 6.70. The second kappa shape index (κ2) is 6.02. The van der Waals surface area contributed by atoms with Crippen LogP contribution in [0.5, 0.6) is 0 Å². The zero-order chi connectivity index (χ0) is 14.5. The highest BCUT2D eigenvalue weighted by molar-refractivity contribution is 5.98. The van der Waals surface area contributed by atoms with Crippen molar-refractivity contribution < 1.29 is 9.53 Å². The van der Waals surface area contributed by atoms with Gasteiger partial charge < -0.3 is 21.5 Å². The summed E-state index contributed by atoms with van der Waals surface area (Å²) in [6.07, 6.45) is 4.84. The van der Waals surface area contributed by atoms with E-state index in [2.05, 4.69) is 15.4 Å². The molecule has 5 N–H and O–H groups in total. The molecule has 0 atom stereocenters. The number of nitrogens with zero attached hydrogens (tertiary/aromatic N) is 3. The molecule has 8 nitrogen and oxygen atoms in total. The molecule has 2 heterocycles. The van der Waals surface area contributed by atoms with E-state index in [1.807, 2.05) is 0 Å². The van der Waals surface area contributed by atoms with Gasteiger partial charge in [-0.1, -0.05) is 0 Å². The number of carbonyl (C=O) groups is 1. The van der Waals surface area contributed by atoms with Crippen LogP contribution in [-0.4, -0.2) is 34.4 Å². The van der Waals surface area contributed by atoms with Crippen LogP contribution in [0, 0.1) is 0 Å². The Morgan fingerprint density at radius 1 is 1.50 bits per heavy atom. The summed E-state index contributed by atoms with van der Waals surface area (Å²) >= 11 is 0. The molecule has 106 valence electrons. The van der Waals surface area contributed by atoms with Crippen molar-refractivity contribution in [1.29, 1.82) is 0 Å². The molecule has 2 rings (SSSR count). The predicted molar refractivity (Wildman–Crippen MR) is 74.6 cm³/mol. The van der Waals surface area contributed by atoms with Crippen molar-refractivity contribution in [3.63, 3.8) is 0 Å². The lowest BCUT2D eigenvalue weighted by Gasteiger charge is -2.06. The normalized spacial score (nSPS) is 10.4. The van der Waals surface area contributed by atoms with Gasteiger partial charge in [-0.2, -0.15) is 5.10 Å². The number of carbonyl (C=O) groups excluding carboxylic acids is 1. The van der Waals surface area contributed by atoms with Crippen molar-refractivity contribution in [3.8, 4) is 0 Å². The van der Waals surface area contributed by atoms with Crippen LogP contribution in [0.3, 0.4) is 0 Å². The number of nitrogen functional groups attached to an aromatic ring is 1. The van der Waals surface area contributed by atoms with Crippen LogP contribution >= 0.6 is 0 Å². The van der Waals surface area contributed by atoms with Crippen LogP contribution in [0.25, 0.3) is 0 Å². The molecule has 0 fully saturated rings. The third-order valence-corrected chi connectivity index (χ3v) is 2.63. The number of nitrogens with one attached hydrogen (secondary N) is 1. The van der Waals surface area contributed by atoms with Gasteiger partial charge in [-0.3, -0.25) is 9.48 Å².